The summed E-state index contributed by atoms with van der Waals surface area (Å²) in [6.45, 7) is 0. The van der Waals surface area contributed by atoms with Gasteiger partial charge in [-0.15, -0.1) is 0 Å². The number of benzene rings is 1. The molecule has 1 fully saturated rings. The Hall–Kier alpha value is -2.35. The lowest BCUT2D eigenvalue weighted by Gasteiger charge is -2.32. The molecule has 3 N–H and O–H groups in total. The second-order valence-electron chi connectivity index (χ2n) is 6.10. The number of carbonyl (C=O) groups is 2. The number of thioether (sulfide) groups is 1. The molecule has 132 valence electrons. The lowest BCUT2D eigenvalue weighted by atomic mass is 9.80. The highest BCUT2D eigenvalue weighted by Crippen LogP contribution is 2.27. The predicted octanol–water partition coefficient (Wildman–Crippen LogP) is 1.53. The molecule has 8 heteroatoms. The number of aliphatic carboxylic acids is 1. The van der Waals surface area contributed by atoms with Gasteiger partial charge in [-0.25, -0.2) is 4.98 Å². The Bertz CT molecular complexity index is 845. The van der Waals surface area contributed by atoms with Crippen molar-refractivity contribution in [2.75, 3.05) is 5.75 Å². The summed E-state index contributed by atoms with van der Waals surface area (Å²) in [7, 11) is 0. The number of aromatic amines is 1. The highest BCUT2D eigenvalue weighted by molar-refractivity contribution is 7.98. The molecule has 7 nitrogen and oxygen atoms in total. The number of aromatic nitrogens is 2. The van der Waals surface area contributed by atoms with E-state index in [4.69, 9.17) is 5.11 Å². The Balaban J connectivity index is 1.41. The van der Waals surface area contributed by atoms with Crippen molar-refractivity contribution in [3.05, 3.63) is 40.4 Å². The van der Waals surface area contributed by atoms with Crippen LogP contribution in [0, 0.1) is 5.92 Å². The highest BCUT2D eigenvalue weighted by atomic mass is 32.2. The molecule has 2 aromatic rings. The molecule has 0 unspecified atom stereocenters. The molecule has 1 heterocycles. The minimum atomic E-state index is -0.794. The second kappa shape index (κ2) is 7.69. The molecule has 0 atom stereocenters. The first-order chi connectivity index (χ1) is 12.0. The van der Waals surface area contributed by atoms with E-state index in [0.29, 0.717) is 47.5 Å². The van der Waals surface area contributed by atoms with Crippen LogP contribution in [0.1, 0.15) is 25.1 Å². The van der Waals surface area contributed by atoms with Crippen molar-refractivity contribution in [3.63, 3.8) is 0 Å². The molecule has 0 spiro atoms. The molecular formula is C17H19N3O4S. The number of fused-ring (bicyclic) bond motifs is 1. The molecule has 1 aromatic heterocycles. The van der Waals surface area contributed by atoms with Crippen LogP contribution in [0.15, 0.2) is 29.1 Å². The zero-order valence-corrected chi connectivity index (χ0v) is 14.3. The largest absolute Gasteiger partial charge is 0.481 e. The van der Waals surface area contributed by atoms with Crippen LogP contribution >= 0.6 is 11.8 Å². The van der Waals surface area contributed by atoms with Crippen LogP contribution in [0.4, 0.5) is 0 Å². The van der Waals surface area contributed by atoms with Crippen molar-refractivity contribution >= 4 is 34.5 Å². The number of hydrogen-bond donors (Lipinski definition) is 3. The van der Waals surface area contributed by atoms with Gasteiger partial charge in [0, 0.05) is 18.2 Å². The van der Waals surface area contributed by atoms with Gasteiger partial charge in [0.05, 0.1) is 22.6 Å². The van der Waals surface area contributed by atoms with Crippen LogP contribution in [-0.4, -0.2) is 38.7 Å². The Morgan fingerprint density at radius 1 is 1.32 bits per heavy atom. The molecule has 3 rings (SSSR count). The number of nitrogens with zero attached hydrogens (tertiary/aromatic N) is 1. The van der Waals surface area contributed by atoms with E-state index in [0.717, 1.165) is 0 Å². The Kier molecular flexibility index (Phi) is 5.37. The average molecular weight is 361 g/mol. The lowest BCUT2D eigenvalue weighted by Crippen LogP contribution is -2.46. The monoisotopic (exact) mass is 361 g/mol. The fraction of sp³-hybridized carbons (Fsp3) is 0.412. The number of carbonyl (C=O) groups excluding carboxylic acids is 1. The third-order valence-corrected chi connectivity index (χ3v) is 5.20. The summed E-state index contributed by atoms with van der Waals surface area (Å²) >= 11 is 1.52. The van der Waals surface area contributed by atoms with Crippen LogP contribution in [0.3, 0.4) is 0 Å². The Morgan fingerprint density at radius 2 is 2.08 bits per heavy atom. The molecule has 1 aliphatic carbocycles. The molecular weight excluding hydrogens is 342 g/mol. The standard InChI is InChI=1S/C17H19N3O4S/c21-15(18-11-7-10(8-11)17(23)24)5-6-25-9-14-19-13-4-2-1-3-12(13)16(22)20-14/h1-4,10-11H,5-9H2,(H,18,21)(H,23,24)(H,19,20,22). The summed E-state index contributed by atoms with van der Waals surface area (Å²) in [5.74, 6) is 0.544. The van der Waals surface area contributed by atoms with Crippen LogP contribution in [0.2, 0.25) is 0 Å². The Morgan fingerprint density at radius 3 is 2.84 bits per heavy atom. The quantitative estimate of drug-likeness (QED) is 0.645. The van der Waals surface area contributed by atoms with Gasteiger partial charge in [-0.1, -0.05) is 12.1 Å². The molecule has 1 aliphatic rings. The molecule has 0 saturated heterocycles. The van der Waals surface area contributed by atoms with Gasteiger partial charge in [-0.05, 0) is 25.0 Å². The average Bonchev–Trinajstić information content (AvgIpc) is 2.54. The van der Waals surface area contributed by atoms with E-state index in [1.165, 1.54) is 11.8 Å². The van der Waals surface area contributed by atoms with Crippen molar-refractivity contribution in [3.8, 4) is 0 Å². The number of nitrogens with one attached hydrogen (secondary N) is 2. The zero-order valence-electron chi connectivity index (χ0n) is 13.5. The summed E-state index contributed by atoms with van der Waals surface area (Å²) in [6, 6.07) is 7.16. The zero-order chi connectivity index (χ0) is 17.8. The number of rotatable bonds is 7. The molecule has 0 bridgehead atoms. The highest BCUT2D eigenvalue weighted by Gasteiger charge is 2.35. The van der Waals surface area contributed by atoms with E-state index in [2.05, 4.69) is 15.3 Å². The van der Waals surface area contributed by atoms with E-state index < -0.39 is 5.97 Å². The van der Waals surface area contributed by atoms with Gasteiger partial charge in [-0.2, -0.15) is 11.8 Å². The summed E-state index contributed by atoms with van der Waals surface area (Å²) in [5, 5.41) is 12.2. The van der Waals surface area contributed by atoms with Crippen LogP contribution < -0.4 is 10.9 Å². The number of carboxylic acid groups (broad SMARTS) is 1. The van der Waals surface area contributed by atoms with Crippen molar-refractivity contribution in [1.29, 1.82) is 0 Å². The van der Waals surface area contributed by atoms with Gasteiger partial charge in [0.1, 0.15) is 5.82 Å². The van der Waals surface area contributed by atoms with Crippen molar-refractivity contribution in [1.82, 2.24) is 15.3 Å². The van der Waals surface area contributed by atoms with Crippen molar-refractivity contribution in [2.45, 2.75) is 31.1 Å². The van der Waals surface area contributed by atoms with E-state index in [-0.39, 0.29) is 23.4 Å². The summed E-state index contributed by atoms with van der Waals surface area (Å²) in [5.41, 5.74) is 0.509. The number of carboxylic acids is 1. The van der Waals surface area contributed by atoms with Gasteiger partial charge in [0.15, 0.2) is 0 Å². The van der Waals surface area contributed by atoms with Crippen molar-refractivity contribution < 1.29 is 14.7 Å². The topological polar surface area (TPSA) is 112 Å². The van der Waals surface area contributed by atoms with E-state index >= 15 is 0 Å². The molecule has 1 saturated carbocycles. The molecule has 1 amide bonds. The Labute approximate surface area is 148 Å². The first kappa shape index (κ1) is 17.5. The van der Waals surface area contributed by atoms with Gasteiger partial charge in [-0.3, -0.25) is 14.4 Å². The normalized spacial score (nSPS) is 19.4. The summed E-state index contributed by atoms with van der Waals surface area (Å²) in [4.78, 5) is 41.7. The maximum absolute atomic E-state index is 12.0. The van der Waals surface area contributed by atoms with E-state index in [9.17, 15) is 14.4 Å². The maximum Gasteiger partial charge on any atom is 0.306 e. The number of para-hydroxylation sites is 1. The van der Waals surface area contributed by atoms with Gasteiger partial charge < -0.3 is 15.4 Å². The maximum atomic E-state index is 12.0. The first-order valence-corrected chi connectivity index (χ1v) is 9.26. The molecule has 0 aliphatic heterocycles. The number of hydrogen-bond acceptors (Lipinski definition) is 5. The minimum absolute atomic E-state index is 0.0166. The van der Waals surface area contributed by atoms with E-state index in [1.54, 1.807) is 18.2 Å². The third-order valence-electron chi connectivity index (χ3n) is 4.23. The summed E-state index contributed by atoms with van der Waals surface area (Å²) < 4.78 is 0. The number of H-pyrrole nitrogens is 1. The SMILES string of the molecule is O=C(CCSCc1nc2ccccc2c(=O)[nH]1)NC1CC(C(=O)O)C1. The van der Waals surface area contributed by atoms with Gasteiger partial charge in [0.25, 0.3) is 5.56 Å². The second-order valence-corrected chi connectivity index (χ2v) is 7.21. The van der Waals surface area contributed by atoms with Crippen LogP contribution in [-0.2, 0) is 15.3 Å². The first-order valence-electron chi connectivity index (χ1n) is 8.11. The molecule has 25 heavy (non-hydrogen) atoms. The smallest absolute Gasteiger partial charge is 0.306 e. The van der Waals surface area contributed by atoms with Crippen LogP contribution in [0.5, 0.6) is 0 Å². The third kappa shape index (κ3) is 4.39. The lowest BCUT2D eigenvalue weighted by molar-refractivity contribution is -0.146. The van der Waals surface area contributed by atoms with Crippen molar-refractivity contribution in [2.24, 2.45) is 5.92 Å². The predicted molar refractivity (Wildman–Crippen MR) is 95.4 cm³/mol. The molecule has 0 radical (unpaired) electrons. The van der Waals surface area contributed by atoms with Gasteiger partial charge in [0.2, 0.25) is 5.91 Å². The fourth-order valence-electron chi connectivity index (χ4n) is 2.77. The van der Waals surface area contributed by atoms with Crippen LogP contribution in [0.25, 0.3) is 10.9 Å². The molecule has 1 aromatic carbocycles. The fourth-order valence-corrected chi connectivity index (χ4v) is 3.58. The minimum Gasteiger partial charge on any atom is -0.481 e. The van der Waals surface area contributed by atoms with E-state index in [1.807, 2.05) is 6.07 Å². The summed E-state index contributed by atoms with van der Waals surface area (Å²) in [6.07, 6.45) is 1.38. The van der Waals surface area contributed by atoms with Gasteiger partial charge >= 0.3 is 5.97 Å². The number of amides is 1.